The highest BCUT2D eigenvalue weighted by Crippen LogP contribution is 2.13. The van der Waals surface area contributed by atoms with Gasteiger partial charge in [-0.05, 0) is 30.5 Å². The van der Waals surface area contributed by atoms with E-state index in [1.165, 1.54) is 5.56 Å². The van der Waals surface area contributed by atoms with Crippen molar-refractivity contribution < 1.29 is 4.42 Å². The van der Waals surface area contributed by atoms with Crippen molar-refractivity contribution in [3.8, 4) is 5.88 Å². The van der Waals surface area contributed by atoms with E-state index in [2.05, 4.69) is 29.4 Å². The maximum Gasteiger partial charge on any atom is 0.219 e. The molecule has 90 valence electrons. The zero-order valence-corrected chi connectivity index (χ0v) is 9.99. The van der Waals surface area contributed by atoms with E-state index in [-0.39, 0.29) is 0 Å². The van der Waals surface area contributed by atoms with Gasteiger partial charge in [0, 0.05) is 18.0 Å². The highest BCUT2D eigenvalue weighted by Gasteiger charge is 2.06. The quantitative estimate of drug-likeness (QED) is 0.698. The van der Waals surface area contributed by atoms with Gasteiger partial charge >= 0.3 is 0 Å². The van der Waals surface area contributed by atoms with Crippen LogP contribution in [0.2, 0.25) is 0 Å². The number of aryl methyl sites for hydroxylation is 2. The van der Waals surface area contributed by atoms with Gasteiger partial charge in [0.2, 0.25) is 5.88 Å². The summed E-state index contributed by atoms with van der Waals surface area (Å²) in [5.41, 5.74) is 2.50. The minimum atomic E-state index is 0.767. The Labute approximate surface area is 106 Å². The summed E-state index contributed by atoms with van der Waals surface area (Å²) in [6.45, 7) is 0. The first kappa shape index (κ1) is 10.8. The molecule has 0 bridgehead atoms. The van der Waals surface area contributed by atoms with Crippen LogP contribution in [-0.4, -0.2) is 9.78 Å². The van der Waals surface area contributed by atoms with Crippen LogP contribution in [0.3, 0.4) is 0 Å². The van der Waals surface area contributed by atoms with E-state index in [1.807, 2.05) is 35.1 Å². The van der Waals surface area contributed by atoms with Gasteiger partial charge in [-0.3, -0.25) is 0 Å². The van der Waals surface area contributed by atoms with Crippen LogP contribution in [-0.2, 0) is 12.8 Å². The third kappa shape index (κ3) is 2.20. The predicted octanol–water partition coefficient (Wildman–Crippen LogP) is 3.25. The van der Waals surface area contributed by atoms with Gasteiger partial charge in [-0.15, -0.1) is 0 Å². The van der Waals surface area contributed by atoms with Gasteiger partial charge in [-0.25, -0.2) is 4.68 Å². The molecule has 0 atom stereocenters. The summed E-state index contributed by atoms with van der Waals surface area (Å²) >= 11 is 0. The molecule has 0 radical (unpaired) electrons. The van der Waals surface area contributed by atoms with Gasteiger partial charge in [0.1, 0.15) is 0 Å². The van der Waals surface area contributed by atoms with E-state index in [4.69, 9.17) is 4.42 Å². The van der Waals surface area contributed by atoms with Crippen molar-refractivity contribution in [1.29, 1.82) is 0 Å². The van der Waals surface area contributed by atoms with E-state index in [0.29, 0.717) is 0 Å². The van der Waals surface area contributed by atoms with E-state index in [1.54, 1.807) is 6.26 Å². The van der Waals surface area contributed by atoms with Crippen LogP contribution < -0.4 is 0 Å². The summed E-state index contributed by atoms with van der Waals surface area (Å²) in [6, 6.07) is 16.3. The van der Waals surface area contributed by atoms with Crippen molar-refractivity contribution in [1.82, 2.24) is 9.78 Å². The van der Waals surface area contributed by atoms with Crippen LogP contribution in [0.4, 0.5) is 0 Å². The van der Waals surface area contributed by atoms with Crippen LogP contribution in [0.15, 0.2) is 65.4 Å². The number of aromatic nitrogens is 2. The van der Waals surface area contributed by atoms with Crippen LogP contribution in [0.25, 0.3) is 5.88 Å². The fourth-order valence-electron chi connectivity index (χ4n) is 2.03. The summed E-state index contributed by atoms with van der Waals surface area (Å²) < 4.78 is 7.22. The molecule has 0 aliphatic rings. The lowest BCUT2D eigenvalue weighted by molar-refractivity contribution is 0.515. The Morgan fingerprint density at radius 3 is 2.61 bits per heavy atom. The van der Waals surface area contributed by atoms with Crippen molar-refractivity contribution in [2.45, 2.75) is 12.8 Å². The number of rotatable bonds is 4. The van der Waals surface area contributed by atoms with E-state index in [9.17, 15) is 0 Å². The smallest absolute Gasteiger partial charge is 0.219 e. The molecule has 0 fully saturated rings. The normalized spacial score (nSPS) is 10.7. The van der Waals surface area contributed by atoms with Gasteiger partial charge < -0.3 is 4.42 Å². The van der Waals surface area contributed by atoms with Crippen molar-refractivity contribution in [2.75, 3.05) is 0 Å². The molecule has 0 spiro atoms. The Morgan fingerprint density at radius 1 is 0.944 bits per heavy atom. The predicted molar refractivity (Wildman–Crippen MR) is 69.7 cm³/mol. The van der Waals surface area contributed by atoms with Gasteiger partial charge in [0.15, 0.2) is 0 Å². The van der Waals surface area contributed by atoms with Crippen molar-refractivity contribution >= 4 is 0 Å². The first-order chi connectivity index (χ1) is 8.93. The number of nitrogens with zero attached hydrogens (tertiary/aromatic N) is 2. The molecule has 0 amide bonds. The Morgan fingerprint density at radius 2 is 1.83 bits per heavy atom. The average Bonchev–Trinajstić information content (AvgIpc) is 3.08. The molecule has 3 aromatic rings. The van der Waals surface area contributed by atoms with Crippen molar-refractivity contribution in [3.05, 3.63) is 72.2 Å². The summed E-state index contributed by atoms with van der Waals surface area (Å²) in [5, 5.41) is 4.29. The second kappa shape index (κ2) is 4.92. The van der Waals surface area contributed by atoms with Crippen LogP contribution in [0, 0.1) is 0 Å². The molecule has 2 heterocycles. The standard InChI is InChI=1S/C15H14N2O/c1-2-5-13(6-3-1)8-9-14-10-11-16-17(14)15-7-4-12-18-15/h1-7,10-12H,8-9H2. The zero-order valence-electron chi connectivity index (χ0n) is 9.99. The second-order valence-electron chi connectivity index (χ2n) is 4.17. The summed E-state index contributed by atoms with van der Waals surface area (Å²) in [7, 11) is 0. The Kier molecular flexibility index (Phi) is 2.96. The first-order valence-corrected chi connectivity index (χ1v) is 6.04. The lowest BCUT2D eigenvalue weighted by Gasteiger charge is -2.04. The minimum Gasteiger partial charge on any atom is -0.447 e. The lowest BCUT2D eigenvalue weighted by atomic mass is 10.1. The highest BCUT2D eigenvalue weighted by atomic mass is 16.3. The lowest BCUT2D eigenvalue weighted by Crippen LogP contribution is -2.02. The van der Waals surface area contributed by atoms with Gasteiger partial charge in [0.25, 0.3) is 0 Å². The highest BCUT2D eigenvalue weighted by molar-refractivity contribution is 5.22. The molecule has 0 N–H and O–H groups in total. The summed E-state index contributed by atoms with van der Waals surface area (Å²) in [6.07, 6.45) is 5.43. The molecule has 0 aliphatic carbocycles. The number of hydrogen-bond donors (Lipinski definition) is 0. The number of benzene rings is 1. The molecular formula is C15H14N2O. The SMILES string of the molecule is c1ccc(CCc2ccnn2-c2ccco2)cc1. The van der Waals surface area contributed by atoms with Crippen LogP contribution in [0.1, 0.15) is 11.3 Å². The second-order valence-corrected chi connectivity index (χ2v) is 4.17. The molecule has 18 heavy (non-hydrogen) atoms. The van der Waals surface area contributed by atoms with E-state index in [0.717, 1.165) is 24.4 Å². The zero-order chi connectivity index (χ0) is 12.2. The number of hydrogen-bond acceptors (Lipinski definition) is 2. The van der Waals surface area contributed by atoms with Crippen molar-refractivity contribution in [3.63, 3.8) is 0 Å². The molecule has 0 unspecified atom stereocenters. The number of furan rings is 1. The minimum absolute atomic E-state index is 0.767. The monoisotopic (exact) mass is 238 g/mol. The molecule has 3 rings (SSSR count). The fourth-order valence-corrected chi connectivity index (χ4v) is 2.03. The molecule has 0 aliphatic heterocycles. The maximum absolute atomic E-state index is 5.37. The van der Waals surface area contributed by atoms with Gasteiger partial charge in [0.05, 0.1) is 6.26 Å². The summed E-state index contributed by atoms with van der Waals surface area (Å²) in [5.74, 6) is 0.767. The van der Waals surface area contributed by atoms with Crippen LogP contribution in [0.5, 0.6) is 0 Å². The summed E-state index contributed by atoms with van der Waals surface area (Å²) in [4.78, 5) is 0. The molecule has 2 aromatic heterocycles. The molecule has 0 saturated carbocycles. The average molecular weight is 238 g/mol. The Hall–Kier alpha value is -2.29. The largest absolute Gasteiger partial charge is 0.447 e. The molecule has 0 saturated heterocycles. The van der Waals surface area contributed by atoms with E-state index >= 15 is 0 Å². The molecular weight excluding hydrogens is 224 g/mol. The first-order valence-electron chi connectivity index (χ1n) is 6.04. The van der Waals surface area contributed by atoms with Gasteiger partial charge in [-0.2, -0.15) is 5.10 Å². The molecule has 3 nitrogen and oxygen atoms in total. The Balaban J connectivity index is 1.76. The Bertz CT molecular complexity index is 596. The third-order valence-electron chi connectivity index (χ3n) is 2.95. The van der Waals surface area contributed by atoms with Crippen LogP contribution >= 0.6 is 0 Å². The maximum atomic E-state index is 5.37. The third-order valence-corrected chi connectivity index (χ3v) is 2.95. The topological polar surface area (TPSA) is 31.0 Å². The molecule has 3 heteroatoms. The fraction of sp³-hybridized carbons (Fsp3) is 0.133. The van der Waals surface area contributed by atoms with Crippen molar-refractivity contribution in [2.24, 2.45) is 0 Å². The van der Waals surface area contributed by atoms with E-state index < -0.39 is 0 Å². The molecule has 1 aromatic carbocycles. The van der Waals surface area contributed by atoms with Gasteiger partial charge in [-0.1, -0.05) is 30.3 Å².